The first-order chi connectivity index (χ1) is 12.9. The molecule has 0 aliphatic heterocycles. The first-order valence-electron chi connectivity index (χ1n) is 8.72. The maximum absolute atomic E-state index is 8.03. The normalized spacial score (nSPS) is 10.3. The van der Waals surface area contributed by atoms with Gasteiger partial charge in [0.05, 0.1) is 17.0 Å². The van der Waals surface area contributed by atoms with Crippen molar-refractivity contribution in [2.45, 2.75) is 52.4 Å². The molecule has 7 heteroatoms. The fraction of sp³-hybridized carbons (Fsp3) is 0.364. The molecule has 0 atom stereocenters. The van der Waals surface area contributed by atoms with Crippen molar-refractivity contribution in [3.8, 4) is 23.5 Å². The number of rotatable bonds is 1. The van der Waals surface area contributed by atoms with Crippen LogP contribution in [0, 0.1) is 22.7 Å². The van der Waals surface area contributed by atoms with Crippen molar-refractivity contribution < 1.29 is 21.1 Å². The molecule has 0 N–H and O–H groups in total. The van der Waals surface area contributed by atoms with E-state index in [2.05, 4.69) is 101 Å². The average Bonchev–Trinajstić information content (AvgIpc) is 2.62. The molecule has 0 bridgehead atoms. The molecule has 0 radical (unpaired) electrons. The van der Waals surface area contributed by atoms with Gasteiger partial charge in [-0.05, 0) is 46.2 Å². The summed E-state index contributed by atoms with van der Waals surface area (Å²) in [7, 11) is 0. The van der Waals surface area contributed by atoms with Gasteiger partial charge in [0.2, 0.25) is 0 Å². The number of aromatic nitrogens is 2. The molecule has 0 spiro atoms. The zero-order chi connectivity index (χ0) is 21.5. The molecule has 0 amide bonds. The number of nitrogens with zero attached hydrogens (tertiary/aromatic N) is 4. The van der Waals surface area contributed by atoms with Gasteiger partial charge in [-0.1, -0.05) is 41.5 Å². The second-order valence-electron chi connectivity index (χ2n) is 8.25. The standard InChI is InChI=1S/C18H24N2.C4H2N2S2.Pt/c1-17(2,3)13-7-9-19-15(11-13)16-12-14(8-10-20-16)18(4,5)6;5-1-3(2-6)4(7)8;/h7-12H,1-6H3;7-8H;/q;;+2/p-2. The van der Waals surface area contributed by atoms with Crippen molar-refractivity contribution in [2.75, 3.05) is 0 Å². The van der Waals surface area contributed by atoms with E-state index in [1.165, 1.54) is 11.1 Å². The van der Waals surface area contributed by atoms with Crippen LogP contribution >= 0.6 is 0 Å². The van der Waals surface area contributed by atoms with Crippen molar-refractivity contribution >= 4 is 25.3 Å². The Morgan fingerprint density at radius 1 is 0.793 bits per heavy atom. The first kappa shape index (κ1) is 27.1. The summed E-state index contributed by atoms with van der Waals surface area (Å²) in [5.41, 5.74) is 4.55. The molecule has 0 unspecified atom stereocenters. The SMILES string of the molecule is CC(C)(C)c1ccnc(-c2cc(C(C)(C)C)ccn2)c1.N#CC(C#N)=C([S-])[S-].[Pt+2]. The molecule has 2 aromatic heterocycles. The summed E-state index contributed by atoms with van der Waals surface area (Å²) in [4.78, 5) is 8.97. The van der Waals surface area contributed by atoms with Gasteiger partial charge < -0.3 is 29.5 Å². The van der Waals surface area contributed by atoms with Gasteiger partial charge >= 0.3 is 21.1 Å². The van der Waals surface area contributed by atoms with Crippen LogP contribution in [-0.2, 0) is 57.2 Å². The molecule has 154 valence electrons. The number of hydrogen-bond acceptors (Lipinski definition) is 6. The van der Waals surface area contributed by atoms with E-state index in [0.717, 1.165) is 11.4 Å². The average molecular weight is 604 g/mol. The Morgan fingerprint density at radius 2 is 1.14 bits per heavy atom. The monoisotopic (exact) mass is 603 g/mol. The molecule has 2 heterocycles. The van der Waals surface area contributed by atoms with Crippen molar-refractivity contribution in [1.82, 2.24) is 9.97 Å². The minimum atomic E-state index is -0.157. The number of nitriles is 2. The van der Waals surface area contributed by atoms with Crippen LogP contribution in [0.5, 0.6) is 0 Å². The minimum Gasteiger partial charge on any atom is -0.805 e. The topological polar surface area (TPSA) is 73.4 Å². The fourth-order valence-corrected chi connectivity index (χ4v) is 2.37. The van der Waals surface area contributed by atoms with Crippen LogP contribution in [0.1, 0.15) is 52.7 Å². The Bertz CT molecular complexity index is 867. The van der Waals surface area contributed by atoms with E-state index in [0.29, 0.717) is 0 Å². The van der Waals surface area contributed by atoms with Gasteiger partial charge in [0.1, 0.15) is 12.1 Å². The van der Waals surface area contributed by atoms with Gasteiger partial charge in [0.25, 0.3) is 0 Å². The van der Waals surface area contributed by atoms with Crippen LogP contribution in [0.3, 0.4) is 0 Å². The molecule has 0 saturated heterocycles. The van der Waals surface area contributed by atoms with Crippen LogP contribution in [0.25, 0.3) is 11.4 Å². The summed E-state index contributed by atoms with van der Waals surface area (Å²) in [5.74, 6) is 0. The van der Waals surface area contributed by atoms with E-state index in [1.807, 2.05) is 12.4 Å². The summed E-state index contributed by atoms with van der Waals surface area (Å²) < 4.78 is -0.0602. The van der Waals surface area contributed by atoms with Gasteiger partial charge in [-0.15, -0.1) is 0 Å². The largest absolute Gasteiger partial charge is 2.00 e. The van der Waals surface area contributed by atoms with E-state index in [4.69, 9.17) is 10.5 Å². The molecular weight excluding hydrogens is 579 g/mol. The number of pyridine rings is 2. The predicted octanol–water partition coefficient (Wildman–Crippen LogP) is 5.08. The van der Waals surface area contributed by atoms with Gasteiger partial charge in [-0.25, -0.2) is 0 Å². The molecule has 0 saturated carbocycles. The van der Waals surface area contributed by atoms with Gasteiger partial charge in [-0.3, -0.25) is 9.97 Å². The van der Waals surface area contributed by atoms with E-state index < -0.39 is 0 Å². The fourth-order valence-electron chi connectivity index (χ4n) is 2.19. The molecule has 0 aliphatic rings. The molecule has 0 aromatic carbocycles. The van der Waals surface area contributed by atoms with Crippen molar-refractivity contribution in [3.63, 3.8) is 0 Å². The molecule has 2 aromatic rings. The Kier molecular flexibility index (Phi) is 10.6. The van der Waals surface area contributed by atoms with Gasteiger partial charge in [0.15, 0.2) is 0 Å². The molecule has 29 heavy (non-hydrogen) atoms. The maximum atomic E-state index is 8.03. The molecule has 0 aliphatic carbocycles. The quantitative estimate of drug-likeness (QED) is 0.335. The van der Waals surface area contributed by atoms with E-state index in [9.17, 15) is 0 Å². The number of hydrogen-bond donors (Lipinski definition) is 0. The van der Waals surface area contributed by atoms with Crippen molar-refractivity contribution in [1.29, 1.82) is 10.5 Å². The zero-order valence-corrected chi connectivity index (χ0v) is 21.3. The summed E-state index contributed by atoms with van der Waals surface area (Å²) in [5, 5.41) is 16.1. The second kappa shape index (κ2) is 11.4. The summed E-state index contributed by atoms with van der Waals surface area (Å²) in [6, 6.07) is 11.6. The van der Waals surface area contributed by atoms with Crippen LogP contribution in [0.15, 0.2) is 46.5 Å². The first-order valence-corrected chi connectivity index (χ1v) is 9.53. The third-order valence-electron chi connectivity index (χ3n) is 3.94. The van der Waals surface area contributed by atoms with Crippen LogP contribution < -0.4 is 0 Å². The predicted molar refractivity (Wildman–Crippen MR) is 118 cm³/mol. The van der Waals surface area contributed by atoms with E-state index in [-0.39, 0.29) is 41.7 Å². The minimum absolute atomic E-state index is 0. The van der Waals surface area contributed by atoms with Crippen LogP contribution in [0.2, 0.25) is 0 Å². The third-order valence-corrected chi connectivity index (χ3v) is 4.35. The summed E-state index contributed by atoms with van der Waals surface area (Å²) >= 11 is 8.70. The maximum Gasteiger partial charge on any atom is 2.00 e. The second-order valence-corrected chi connectivity index (χ2v) is 9.32. The van der Waals surface area contributed by atoms with Crippen molar-refractivity contribution in [2.24, 2.45) is 0 Å². The molecule has 0 fully saturated rings. The Hall–Kier alpha value is -1.85. The Balaban J connectivity index is 0.000000747. The zero-order valence-electron chi connectivity index (χ0n) is 17.4. The smallest absolute Gasteiger partial charge is 0.805 e. The van der Waals surface area contributed by atoms with Gasteiger partial charge in [-0.2, -0.15) is 10.5 Å². The summed E-state index contributed by atoms with van der Waals surface area (Å²) in [6.45, 7) is 13.3. The molecular formula is C22H24N4PtS2. The van der Waals surface area contributed by atoms with E-state index >= 15 is 0 Å². The Labute approximate surface area is 199 Å². The molecule has 2 rings (SSSR count). The summed E-state index contributed by atoms with van der Waals surface area (Å²) in [6.07, 6.45) is 3.75. The van der Waals surface area contributed by atoms with Crippen LogP contribution in [0.4, 0.5) is 0 Å². The third kappa shape index (κ3) is 8.58. The Morgan fingerprint density at radius 3 is 1.34 bits per heavy atom. The van der Waals surface area contributed by atoms with E-state index in [1.54, 1.807) is 12.1 Å². The molecule has 4 nitrogen and oxygen atoms in total. The van der Waals surface area contributed by atoms with Gasteiger partial charge in [0, 0.05) is 12.4 Å². The van der Waals surface area contributed by atoms with Crippen molar-refractivity contribution in [3.05, 3.63) is 57.6 Å². The van der Waals surface area contributed by atoms with Crippen LogP contribution in [-0.4, -0.2) is 9.97 Å². The number of allylic oxidation sites excluding steroid dienone is 1.